The smallest absolute Gasteiger partial charge is 0.326 e. The third-order valence-electron chi connectivity index (χ3n) is 3.90. The summed E-state index contributed by atoms with van der Waals surface area (Å²) in [7, 11) is 0. The number of piperazine rings is 1. The van der Waals surface area contributed by atoms with Crippen LogP contribution in [-0.2, 0) is 14.4 Å². The predicted molar refractivity (Wildman–Crippen MR) is 62.7 cm³/mol. The maximum atomic E-state index is 11.9. The quantitative estimate of drug-likeness (QED) is 0.704. The fourth-order valence-electron chi connectivity index (χ4n) is 2.30. The van der Waals surface area contributed by atoms with Crippen LogP contribution in [0.1, 0.15) is 20.3 Å². The van der Waals surface area contributed by atoms with E-state index in [1.165, 1.54) is 6.92 Å². The Balaban J connectivity index is 1.97. The molecule has 1 heterocycles. The van der Waals surface area contributed by atoms with Crippen molar-refractivity contribution in [3.05, 3.63) is 0 Å². The van der Waals surface area contributed by atoms with Gasteiger partial charge in [0.15, 0.2) is 0 Å². The minimum atomic E-state index is -1.08. The average molecular weight is 254 g/mol. The highest BCUT2D eigenvalue weighted by Crippen LogP contribution is 2.38. The first-order chi connectivity index (χ1) is 8.41. The number of hydrogen-bond acceptors (Lipinski definition) is 3. The number of carbonyl (C=O) groups excluding carboxylic acids is 2. The second kappa shape index (κ2) is 4.59. The summed E-state index contributed by atoms with van der Waals surface area (Å²) in [5, 5.41) is 8.88. The molecule has 1 aliphatic carbocycles. The Hall–Kier alpha value is -1.59. The Morgan fingerprint density at radius 3 is 2.50 bits per heavy atom. The Kier molecular flexibility index (Phi) is 3.28. The van der Waals surface area contributed by atoms with Crippen LogP contribution < -0.4 is 0 Å². The molecule has 6 nitrogen and oxygen atoms in total. The van der Waals surface area contributed by atoms with Gasteiger partial charge in [-0.3, -0.25) is 9.59 Å². The molecule has 1 aliphatic heterocycles. The van der Waals surface area contributed by atoms with Crippen molar-refractivity contribution in [3.63, 3.8) is 0 Å². The number of carboxylic acid groups (broad SMARTS) is 1. The van der Waals surface area contributed by atoms with Gasteiger partial charge in [-0.05, 0) is 25.2 Å². The van der Waals surface area contributed by atoms with Gasteiger partial charge in [0.25, 0.3) is 0 Å². The third-order valence-corrected chi connectivity index (χ3v) is 3.90. The monoisotopic (exact) mass is 254 g/mol. The van der Waals surface area contributed by atoms with Crippen LogP contribution in [0.15, 0.2) is 0 Å². The second-order valence-electron chi connectivity index (χ2n) is 5.24. The van der Waals surface area contributed by atoms with Gasteiger partial charge < -0.3 is 14.9 Å². The van der Waals surface area contributed by atoms with Crippen LogP contribution in [0.4, 0.5) is 0 Å². The summed E-state index contributed by atoms with van der Waals surface area (Å²) in [5.74, 6) is -1.20. The van der Waals surface area contributed by atoms with Gasteiger partial charge in [0.2, 0.25) is 0 Å². The fourth-order valence-corrected chi connectivity index (χ4v) is 2.30. The van der Waals surface area contributed by atoms with Crippen molar-refractivity contribution in [2.45, 2.75) is 26.3 Å². The van der Waals surface area contributed by atoms with Crippen LogP contribution in [0.5, 0.6) is 0 Å². The first-order valence-corrected chi connectivity index (χ1v) is 6.24. The first kappa shape index (κ1) is 12.9. The molecule has 0 aromatic heterocycles. The predicted octanol–water partition coefficient (Wildman–Crippen LogP) is -0.214. The molecule has 1 saturated carbocycles. The molecule has 2 amide bonds. The van der Waals surface area contributed by atoms with E-state index in [2.05, 4.69) is 6.92 Å². The van der Waals surface area contributed by atoms with Crippen molar-refractivity contribution >= 4 is 17.8 Å². The van der Waals surface area contributed by atoms with Crippen LogP contribution in [0.3, 0.4) is 0 Å². The molecular formula is C12H18N2O4. The van der Waals surface area contributed by atoms with Crippen LogP contribution in [0.25, 0.3) is 0 Å². The summed E-state index contributed by atoms with van der Waals surface area (Å²) in [4.78, 5) is 37.2. The summed E-state index contributed by atoms with van der Waals surface area (Å²) < 4.78 is 0. The molecule has 18 heavy (non-hydrogen) atoms. The number of aliphatic carboxylic acids is 1. The lowest BCUT2D eigenvalue weighted by Crippen LogP contribution is -2.58. The molecule has 1 N–H and O–H groups in total. The van der Waals surface area contributed by atoms with E-state index in [1.54, 1.807) is 4.90 Å². The van der Waals surface area contributed by atoms with Crippen molar-refractivity contribution in [2.75, 3.05) is 19.6 Å². The van der Waals surface area contributed by atoms with Crippen molar-refractivity contribution in [3.8, 4) is 0 Å². The molecule has 1 saturated heterocycles. The molecular weight excluding hydrogens is 236 g/mol. The largest absolute Gasteiger partial charge is 0.480 e. The molecule has 0 aromatic rings. The van der Waals surface area contributed by atoms with Crippen LogP contribution >= 0.6 is 0 Å². The number of amides is 2. The lowest BCUT2D eigenvalue weighted by Gasteiger charge is -2.35. The highest BCUT2D eigenvalue weighted by atomic mass is 16.4. The summed E-state index contributed by atoms with van der Waals surface area (Å²) in [5.41, 5.74) is 0. The van der Waals surface area contributed by atoms with E-state index >= 15 is 0 Å². The summed E-state index contributed by atoms with van der Waals surface area (Å²) >= 11 is 0. The van der Waals surface area contributed by atoms with Gasteiger partial charge in [0, 0.05) is 19.6 Å². The number of carboxylic acids is 1. The summed E-state index contributed by atoms with van der Waals surface area (Å²) in [6.45, 7) is 4.91. The fraction of sp³-hybridized carbons (Fsp3) is 0.750. The van der Waals surface area contributed by atoms with Crippen molar-refractivity contribution < 1.29 is 19.5 Å². The molecule has 2 unspecified atom stereocenters. The van der Waals surface area contributed by atoms with E-state index in [-0.39, 0.29) is 0 Å². The van der Waals surface area contributed by atoms with Gasteiger partial charge in [-0.15, -0.1) is 0 Å². The third kappa shape index (κ3) is 2.32. The Labute approximate surface area is 106 Å². The molecule has 2 fully saturated rings. The highest BCUT2D eigenvalue weighted by molar-refractivity contribution is 6.35. The molecule has 100 valence electrons. The highest BCUT2D eigenvalue weighted by Gasteiger charge is 2.41. The minimum absolute atomic E-state index is 0.305. The molecule has 0 radical (unpaired) electrons. The number of nitrogens with zero attached hydrogens (tertiary/aromatic N) is 2. The molecule has 0 bridgehead atoms. The van der Waals surface area contributed by atoms with Gasteiger partial charge in [-0.25, -0.2) is 4.79 Å². The number of rotatable bonds is 4. The van der Waals surface area contributed by atoms with Gasteiger partial charge in [0.05, 0.1) is 0 Å². The standard InChI is InChI=1S/C12H18N2O4/c1-7-5-9(7)6-13-3-4-14(8(2)12(17)18)11(16)10(13)15/h7-9H,3-6H2,1-2H3,(H,17,18)/t7?,8-,9?/m1/s1. The zero-order valence-corrected chi connectivity index (χ0v) is 10.6. The van der Waals surface area contributed by atoms with Crippen molar-refractivity contribution in [1.29, 1.82) is 0 Å². The summed E-state index contributed by atoms with van der Waals surface area (Å²) in [6.07, 6.45) is 1.10. The Morgan fingerprint density at radius 2 is 2.00 bits per heavy atom. The topological polar surface area (TPSA) is 77.9 Å². The van der Waals surface area contributed by atoms with Crippen LogP contribution in [0, 0.1) is 11.8 Å². The van der Waals surface area contributed by atoms with E-state index in [9.17, 15) is 14.4 Å². The molecule has 3 atom stereocenters. The minimum Gasteiger partial charge on any atom is -0.480 e. The van der Waals surface area contributed by atoms with E-state index < -0.39 is 23.8 Å². The zero-order chi connectivity index (χ0) is 13.4. The zero-order valence-electron chi connectivity index (χ0n) is 10.6. The summed E-state index contributed by atoms with van der Waals surface area (Å²) in [6, 6.07) is -0.941. The molecule has 2 rings (SSSR count). The molecule has 0 aromatic carbocycles. The number of hydrogen-bond donors (Lipinski definition) is 1. The maximum Gasteiger partial charge on any atom is 0.326 e. The lowest BCUT2D eigenvalue weighted by molar-refractivity contribution is -0.161. The van der Waals surface area contributed by atoms with E-state index in [0.29, 0.717) is 31.5 Å². The maximum absolute atomic E-state index is 11.9. The van der Waals surface area contributed by atoms with Crippen LogP contribution in [0.2, 0.25) is 0 Å². The van der Waals surface area contributed by atoms with Gasteiger partial charge in [-0.2, -0.15) is 0 Å². The van der Waals surface area contributed by atoms with Crippen LogP contribution in [-0.4, -0.2) is 58.4 Å². The van der Waals surface area contributed by atoms with Crippen molar-refractivity contribution in [1.82, 2.24) is 9.80 Å². The molecule has 0 spiro atoms. The van der Waals surface area contributed by atoms with E-state index in [0.717, 1.165) is 11.3 Å². The van der Waals surface area contributed by atoms with Gasteiger partial charge in [0.1, 0.15) is 6.04 Å². The first-order valence-electron chi connectivity index (χ1n) is 6.24. The normalized spacial score (nSPS) is 29.4. The number of carbonyl (C=O) groups is 3. The SMILES string of the molecule is CC1CC1CN1CCN([C@H](C)C(=O)O)C(=O)C1=O. The molecule has 2 aliphatic rings. The second-order valence-corrected chi connectivity index (χ2v) is 5.24. The average Bonchev–Trinajstić information content (AvgIpc) is 3.00. The Morgan fingerprint density at radius 1 is 1.39 bits per heavy atom. The van der Waals surface area contributed by atoms with Crippen molar-refractivity contribution in [2.24, 2.45) is 11.8 Å². The van der Waals surface area contributed by atoms with Gasteiger partial charge in [-0.1, -0.05) is 6.92 Å². The Bertz CT molecular complexity index is 396. The molecule has 6 heteroatoms. The van der Waals surface area contributed by atoms with Gasteiger partial charge >= 0.3 is 17.8 Å². The van der Waals surface area contributed by atoms with E-state index in [4.69, 9.17) is 5.11 Å². The lowest BCUT2D eigenvalue weighted by atomic mass is 10.2. The van der Waals surface area contributed by atoms with E-state index in [1.807, 2.05) is 0 Å².